The smallest absolute Gasteiger partial charge is 0.191 e. The molecule has 2 aromatic heterocycles. The van der Waals surface area contributed by atoms with Gasteiger partial charge in [0.1, 0.15) is 0 Å². The van der Waals surface area contributed by atoms with Crippen LogP contribution in [0.2, 0.25) is 0 Å². The number of likely N-dealkylation sites (tertiary alicyclic amines) is 1. The van der Waals surface area contributed by atoms with E-state index >= 15 is 0 Å². The first kappa shape index (κ1) is 25.2. The van der Waals surface area contributed by atoms with Gasteiger partial charge >= 0.3 is 0 Å². The highest BCUT2D eigenvalue weighted by Gasteiger charge is 2.57. The van der Waals surface area contributed by atoms with Crippen molar-refractivity contribution < 1.29 is 0 Å². The van der Waals surface area contributed by atoms with Crippen LogP contribution in [0.1, 0.15) is 32.4 Å². The molecule has 2 aliphatic rings. The van der Waals surface area contributed by atoms with Crippen LogP contribution in [0.5, 0.6) is 0 Å². The lowest BCUT2D eigenvalue weighted by Crippen LogP contribution is -2.26. The maximum Gasteiger partial charge on any atom is 0.191 e. The third-order valence-corrected chi connectivity index (χ3v) is 8.83. The number of aliphatic imine (C=N–C) groups is 1. The van der Waals surface area contributed by atoms with Crippen LogP contribution < -0.4 is 0 Å². The van der Waals surface area contributed by atoms with E-state index in [4.69, 9.17) is 0 Å². The molecule has 34 heavy (non-hydrogen) atoms. The Hall–Kier alpha value is -1.90. The topological polar surface area (TPSA) is 59.2 Å². The maximum atomic E-state index is 4.68. The first-order chi connectivity index (χ1) is 16.4. The Morgan fingerprint density at radius 3 is 3.00 bits per heavy atom. The van der Waals surface area contributed by atoms with E-state index < -0.39 is 0 Å². The van der Waals surface area contributed by atoms with Crippen LogP contribution in [0.4, 0.5) is 0 Å². The number of aromatic nitrogens is 4. The summed E-state index contributed by atoms with van der Waals surface area (Å²) in [7, 11) is 2.03. The predicted octanol–water partition coefficient (Wildman–Crippen LogP) is 5.27. The van der Waals surface area contributed by atoms with E-state index in [-0.39, 0.29) is 0 Å². The van der Waals surface area contributed by atoms with Gasteiger partial charge in [-0.1, -0.05) is 30.0 Å². The third kappa shape index (κ3) is 6.20. The maximum absolute atomic E-state index is 4.68. The van der Waals surface area contributed by atoms with Gasteiger partial charge in [0.05, 0.1) is 11.6 Å². The Morgan fingerprint density at radius 2 is 2.24 bits per heavy atom. The molecule has 2 fully saturated rings. The zero-order valence-corrected chi connectivity index (χ0v) is 22.4. The van der Waals surface area contributed by atoms with Crippen molar-refractivity contribution in [3.05, 3.63) is 48.8 Å². The average Bonchev–Trinajstić information content (AvgIpc) is 3.17. The van der Waals surface area contributed by atoms with E-state index in [2.05, 4.69) is 68.3 Å². The lowest BCUT2D eigenvalue weighted by Gasteiger charge is -2.19. The summed E-state index contributed by atoms with van der Waals surface area (Å²) in [5.41, 5.74) is 2.43. The number of hydrogen-bond acceptors (Lipinski definition) is 7. The average molecular weight is 497 g/mol. The van der Waals surface area contributed by atoms with Gasteiger partial charge in [-0.15, -0.1) is 28.5 Å². The van der Waals surface area contributed by atoms with Crippen LogP contribution in [-0.4, -0.2) is 66.9 Å². The van der Waals surface area contributed by atoms with Crippen LogP contribution in [0.3, 0.4) is 0 Å². The third-order valence-electron chi connectivity index (χ3n) is 6.69. The Labute approximate surface area is 212 Å². The molecule has 1 unspecified atom stereocenters. The van der Waals surface area contributed by atoms with Crippen molar-refractivity contribution in [2.24, 2.45) is 23.4 Å². The molecule has 6 nitrogen and oxygen atoms in total. The standard InChI is InChI=1S/C26H36N6S2/c1-6-20(3)34-21(4)27-12-7-11-26-15-23(26)17-32(18-26)13-8-14-33-25-30-29-24(31(25)5)22-10-9-19(2)28-16-22/h6-7,9-11,16,20,23H,1,8,12-15,17-18H2,2-5H3/b11-7+,27-21?/t20?,23-,26+/m1/s1. The predicted molar refractivity (Wildman–Crippen MR) is 146 cm³/mol. The van der Waals surface area contributed by atoms with E-state index in [0.717, 1.165) is 58.5 Å². The van der Waals surface area contributed by atoms with Crippen molar-refractivity contribution in [1.29, 1.82) is 0 Å². The lowest BCUT2D eigenvalue weighted by molar-refractivity contribution is 0.295. The van der Waals surface area contributed by atoms with Crippen molar-refractivity contribution >= 4 is 28.6 Å². The molecule has 182 valence electrons. The fourth-order valence-corrected chi connectivity index (χ4v) is 6.24. The summed E-state index contributed by atoms with van der Waals surface area (Å²) >= 11 is 3.57. The van der Waals surface area contributed by atoms with Crippen molar-refractivity contribution in [3.8, 4) is 11.4 Å². The van der Waals surface area contributed by atoms with Crippen molar-refractivity contribution in [2.45, 2.75) is 44.0 Å². The summed E-state index contributed by atoms with van der Waals surface area (Å²) in [6.45, 7) is 14.4. The summed E-state index contributed by atoms with van der Waals surface area (Å²) in [5, 5.41) is 11.3. The van der Waals surface area contributed by atoms with E-state index in [1.54, 1.807) is 23.5 Å². The van der Waals surface area contributed by atoms with Gasteiger partial charge in [-0.25, -0.2) is 0 Å². The van der Waals surface area contributed by atoms with Gasteiger partial charge in [-0.2, -0.15) is 0 Å². The fraction of sp³-hybridized carbons (Fsp3) is 0.538. The Morgan fingerprint density at radius 1 is 1.38 bits per heavy atom. The molecule has 0 amide bonds. The molecule has 1 aliphatic heterocycles. The second-order valence-corrected chi connectivity index (χ2v) is 12.1. The van der Waals surface area contributed by atoms with Gasteiger partial charge in [-0.3, -0.25) is 9.98 Å². The number of fused-ring (bicyclic) bond motifs is 1. The van der Waals surface area contributed by atoms with E-state index in [0.29, 0.717) is 10.7 Å². The monoisotopic (exact) mass is 496 g/mol. The van der Waals surface area contributed by atoms with Gasteiger partial charge in [0.25, 0.3) is 0 Å². The summed E-state index contributed by atoms with van der Waals surface area (Å²) in [6, 6.07) is 4.07. The molecule has 3 atom stereocenters. The van der Waals surface area contributed by atoms with Crippen LogP contribution in [-0.2, 0) is 7.05 Å². The number of hydrogen-bond donors (Lipinski definition) is 0. The number of rotatable bonds is 11. The highest BCUT2D eigenvalue weighted by molar-refractivity contribution is 8.14. The molecule has 0 bridgehead atoms. The number of nitrogens with zero attached hydrogens (tertiary/aromatic N) is 6. The highest BCUT2D eigenvalue weighted by atomic mass is 32.2. The highest BCUT2D eigenvalue weighted by Crippen LogP contribution is 2.58. The Bertz CT molecular complexity index is 1040. The van der Waals surface area contributed by atoms with Crippen LogP contribution in [0, 0.1) is 18.3 Å². The van der Waals surface area contributed by atoms with Crippen LogP contribution in [0.15, 0.2) is 53.3 Å². The molecule has 8 heteroatoms. The number of thioether (sulfide) groups is 2. The largest absolute Gasteiger partial charge is 0.305 e. The zero-order chi connectivity index (χ0) is 24.1. The Balaban J connectivity index is 1.18. The molecular formula is C26H36N6S2. The lowest BCUT2D eigenvalue weighted by atomic mass is 10.1. The molecule has 1 aliphatic carbocycles. The molecule has 0 N–H and O–H groups in total. The molecular weight excluding hydrogens is 460 g/mol. The summed E-state index contributed by atoms with van der Waals surface area (Å²) < 4.78 is 2.07. The molecule has 1 saturated carbocycles. The zero-order valence-electron chi connectivity index (χ0n) is 20.8. The first-order valence-electron chi connectivity index (χ1n) is 12.1. The first-order valence-corrected chi connectivity index (χ1v) is 13.9. The van der Waals surface area contributed by atoms with Crippen molar-refractivity contribution in [1.82, 2.24) is 24.6 Å². The SMILES string of the molecule is C=CC(C)SC(C)=NC/C=C/[C@@]12C[C@@H]1CN(CCCSc1nnc(-c3ccc(C)nc3)n1C)C2. The van der Waals surface area contributed by atoms with Crippen molar-refractivity contribution in [2.75, 3.05) is 31.9 Å². The van der Waals surface area contributed by atoms with Crippen molar-refractivity contribution in [3.63, 3.8) is 0 Å². The van der Waals surface area contributed by atoms with E-state index in [1.807, 2.05) is 32.3 Å². The second-order valence-electron chi connectivity index (χ2n) is 9.45. The molecule has 0 aromatic carbocycles. The normalized spacial score (nSPS) is 23.4. The van der Waals surface area contributed by atoms with E-state index in [9.17, 15) is 0 Å². The van der Waals surface area contributed by atoms with E-state index in [1.165, 1.54) is 19.5 Å². The van der Waals surface area contributed by atoms with Gasteiger partial charge in [0.15, 0.2) is 11.0 Å². The van der Waals surface area contributed by atoms with Crippen LogP contribution >= 0.6 is 23.5 Å². The molecule has 1 saturated heterocycles. The summed E-state index contributed by atoms with van der Waals surface area (Å²) in [6.07, 6.45) is 11.1. The molecule has 0 radical (unpaired) electrons. The van der Waals surface area contributed by atoms with Gasteiger partial charge < -0.3 is 9.47 Å². The summed E-state index contributed by atoms with van der Waals surface area (Å²) in [5.74, 6) is 2.76. The number of piperidine rings is 1. The fourth-order valence-electron chi connectivity index (χ4n) is 4.63. The number of aryl methyl sites for hydroxylation is 1. The second kappa shape index (κ2) is 11.2. The molecule has 4 rings (SSSR count). The number of pyridine rings is 1. The van der Waals surface area contributed by atoms with Gasteiger partial charge in [0, 0.05) is 54.0 Å². The summed E-state index contributed by atoms with van der Waals surface area (Å²) in [4.78, 5) is 11.7. The van der Waals surface area contributed by atoms with Crippen LogP contribution in [0.25, 0.3) is 11.4 Å². The molecule has 2 aromatic rings. The quantitative estimate of drug-likeness (QED) is 0.139. The minimum atomic E-state index is 0.415. The minimum Gasteiger partial charge on any atom is -0.305 e. The Kier molecular flexibility index (Phi) is 8.32. The minimum absolute atomic E-state index is 0.415. The molecule has 3 heterocycles. The van der Waals surface area contributed by atoms with Gasteiger partial charge in [0.2, 0.25) is 0 Å². The van der Waals surface area contributed by atoms with Gasteiger partial charge in [-0.05, 0) is 58.2 Å². The molecule has 0 spiro atoms.